The summed E-state index contributed by atoms with van der Waals surface area (Å²) in [6.07, 6.45) is -3.88. The second-order valence-corrected chi connectivity index (χ2v) is 15.8. The largest absolute Gasteiger partial charge is 0.410 e. The molecule has 1 aliphatic heterocycles. The first-order valence-corrected chi connectivity index (χ1v) is 15.5. The highest BCUT2D eigenvalue weighted by molar-refractivity contribution is 6.99. The van der Waals surface area contributed by atoms with Crippen molar-refractivity contribution in [3.05, 3.63) is 89.5 Å². The minimum Gasteiger partial charge on any atom is -0.410 e. The van der Waals surface area contributed by atoms with Gasteiger partial charge in [0.25, 0.3) is 14.7 Å². The van der Waals surface area contributed by atoms with E-state index < -0.39 is 42.7 Å². The van der Waals surface area contributed by atoms with Crippen LogP contribution >= 0.6 is 0 Å². The molecule has 1 saturated heterocycles. The van der Waals surface area contributed by atoms with Crippen LogP contribution in [0.1, 0.15) is 45.7 Å². The highest BCUT2D eigenvalue weighted by atomic mass is 28.4. The fourth-order valence-corrected chi connectivity index (χ4v) is 10.4. The fraction of sp³-hybridized carbons (Fsp3) is 0.387. The van der Waals surface area contributed by atoms with Gasteiger partial charge in [0.15, 0.2) is 17.3 Å². The summed E-state index contributed by atoms with van der Waals surface area (Å²) < 4.78 is 71.6. The summed E-state index contributed by atoms with van der Waals surface area (Å²) in [5.74, 6) is -2.80. The number of hydrogen-bond donors (Lipinski definition) is 1. The number of benzene rings is 3. The van der Waals surface area contributed by atoms with Crippen molar-refractivity contribution >= 4 is 30.1 Å². The summed E-state index contributed by atoms with van der Waals surface area (Å²) in [6.45, 7) is 10.2. The first kappa shape index (κ1) is 30.7. The molecule has 1 N–H and O–H groups in total. The van der Waals surface area contributed by atoms with E-state index in [9.17, 15) is 14.0 Å². The lowest BCUT2D eigenvalue weighted by molar-refractivity contribution is -0.00553. The van der Waals surface area contributed by atoms with E-state index in [4.69, 9.17) is 9.16 Å². The lowest BCUT2D eigenvalue weighted by Crippen LogP contribution is -2.66. The Morgan fingerprint density at radius 2 is 1.49 bits per heavy atom. The number of hydrogen-bond acceptors (Lipinski definition) is 5. The Balaban J connectivity index is 1.93. The monoisotopic (exact) mass is 588 g/mol. The maximum Gasteiger partial charge on any atom is 0.284 e. The van der Waals surface area contributed by atoms with Crippen LogP contribution in [-0.2, 0) is 15.8 Å². The van der Waals surface area contributed by atoms with Crippen molar-refractivity contribution in [1.29, 1.82) is 0 Å². The third kappa shape index (κ3) is 6.05. The van der Waals surface area contributed by atoms with Crippen LogP contribution in [-0.4, -0.2) is 51.0 Å². The molecular weight excluding hydrogens is 552 g/mol. The number of ether oxygens (including phenoxy) is 1. The van der Waals surface area contributed by atoms with Crippen LogP contribution in [0.15, 0.2) is 71.9 Å². The Hall–Kier alpha value is -3.21. The Morgan fingerprint density at radius 3 is 1.93 bits per heavy atom. The molecule has 220 valence electrons. The van der Waals surface area contributed by atoms with Crippen LogP contribution in [0.4, 0.5) is 23.2 Å². The molecule has 2 atom stereocenters. The van der Waals surface area contributed by atoms with Crippen LogP contribution in [0, 0.1) is 11.6 Å². The lowest BCUT2D eigenvalue weighted by Gasteiger charge is -2.43. The Kier molecular flexibility index (Phi) is 9.25. The van der Waals surface area contributed by atoms with Gasteiger partial charge >= 0.3 is 0 Å². The maximum absolute atomic E-state index is 15.9. The van der Waals surface area contributed by atoms with Gasteiger partial charge in [-0.25, -0.2) is 17.6 Å². The average Bonchev–Trinajstić information content (AvgIpc) is 2.91. The number of rotatable bonds is 8. The van der Waals surface area contributed by atoms with Crippen LogP contribution in [0.2, 0.25) is 5.04 Å². The van der Waals surface area contributed by atoms with Gasteiger partial charge < -0.3 is 19.3 Å². The van der Waals surface area contributed by atoms with Crippen molar-refractivity contribution in [2.75, 3.05) is 18.0 Å². The molecule has 1 aliphatic rings. The number of alkyl halides is 2. The summed E-state index contributed by atoms with van der Waals surface area (Å²) in [4.78, 5) is 1.67. The zero-order valence-electron chi connectivity index (χ0n) is 23.9. The molecule has 4 rings (SSSR count). The lowest BCUT2D eigenvalue weighted by atomic mass is 10.0. The summed E-state index contributed by atoms with van der Waals surface area (Å²) in [5, 5.41) is 13.4. The highest BCUT2D eigenvalue weighted by Crippen LogP contribution is 2.39. The number of oxime groups is 1. The van der Waals surface area contributed by atoms with Gasteiger partial charge in [-0.3, -0.25) is 0 Å². The van der Waals surface area contributed by atoms with Crippen molar-refractivity contribution in [2.45, 2.75) is 64.9 Å². The Morgan fingerprint density at radius 1 is 0.976 bits per heavy atom. The van der Waals surface area contributed by atoms with Crippen LogP contribution < -0.4 is 15.3 Å². The molecule has 0 aromatic heterocycles. The van der Waals surface area contributed by atoms with Gasteiger partial charge in [0.2, 0.25) is 0 Å². The van der Waals surface area contributed by atoms with E-state index in [0.29, 0.717) is 0 Å². The first-order chi connectivity index (χ1) is 19.4. The van der Waals surface area contributed by atoms with E-state index in [-0.39, 0.29) is 43.2 Å². The molecular formula is C31H36F4N2O3Si. The normalized spacial score (nSPS) is 18.7. The number of anilines is 1. The van der Waals surface area contributed by atoms with Crippen LogP contribution in [0.5, 0.6) is 0 Å². The smallest absolute Gasteiger partial charge is 0.284 e. The maximum atomic E-state index is 15.9. The highest BCUT2D eigenvalue weighted by Gasteiger charge is 2.50. The van der Waals surface area contributed by atoms with Gasteiger partial charge in [-0.1, -0.05) is 86.6 Å². The quantitative estimate of drug-likeness (QED) is 0.114. The van der Waals surface area contributed by atoms with Gasteiger partial charge in [0.1, 0.15) is 0 Å². The molecule has 0 aliphatic carbocycles. The van der Waals surface area contributed by atoms with Crippen molar-refractivity contribution in [2.24, 2.45) is 5.16 Å². The summed E-state index contributed by atoms with van der Waals surface area (Å²) in [5.41, 5.74) is -1.95. The third-order valence-electron chi connectivity index (χ3n) is 7.45. The Labute approximate surface area is 239 Å². The summed E-state index contributed by atoms with van der Waals surface area (Å²) >= 11 is 0. The molecule has 5 nitrogen and oxygen atoms in total. The second-order valence-electron chi connectivity index (χ2n) is 11.5. The average molecular weight is 589 g/mol. The minimum absolute atomic E-state index is 0.0715. The van der Waals surface area contributed by atoms with E-state index in [2.05, 4.69) is 25.9 Å². The van der Waals surface area contributed by atoms with Gasteiger partial charge in [0, 0.05) is 24.2 Å². The molecule has 0 radical (unpaired) electrons. The molecule has 0 bridgehead atoms. The standard InChI is InChI=1S/C31H36F4N2O3Si/c1-20-17-37(18-21(2)40-20)29-22(16-25(26(32)27(29)33)28(36-38)30(34)35)19-39-41(31(3,4)5,23-12-8-6-9-13-23)24-14-10-7-11-15-24/h6-16,20-21,30,38H,17-19H2,1-5H3/t20-,21-/m1/s1. The first-order valence-electron chi connectivity index (χ1n) is 13.6. The summed E-state index contributed by atoms with van der Waals surface area (Å²) in [6, 6.07) is 20.7. The van der Waals surface area contributed by atoms with Crippen molar-refractivity contribution in [1.82, 2.24) is 0 Å². The van der Waals surface area contributed by atoms with Gasteiger partial charge in [-0.05, 0) is 35.3 Å². The predicted molar refractivity (Wildman–Crippen MR) is 155 cm³/mol. The molecule has 0 amide bonds. The molecule has 0 unspecified atom stereocenters. The van der Waals surface area contributed by atoms with E-state index >= 15 is 8.78 Å². The molecule has 3 aromatic rings. The summed E-state index contributed by atoms with van der Waals surface area (Å²) in [7, 11) is -3.12. The molecule has 0 spiro atoms. The third-order valence-corrected chi connectivity index (χ3v) is 12.4. The number of nitrogens with zero attached hydrogens (tertiary/aromatic N) is 2. The molecule has 10 heteroatoms. The van der Waals surface area contributed by atoms with E-state index in [1.165, 1.54) is 0 Å². The zero-order valence-corrected chi connectivity index (χ0v) is 24.9. The predicted octanol–water partition coefficient (Wildman–Crippen LogP) is 6.10. The minimum atomic E-state index is -3.33. The van der Waals surface area contributed by atoms with Gasteiger partial charge in [0.05, 0.1) is 24.5 Å². The molecule has 1 heterocycles. The van der Waals surface area contributed by atoms with Crippen LogP contribution in [0.25, 0.3) is 0 Å². The molecule has 0 saturated carbocycles. The van der Waals surface area contributed by atoms with Gasteiger partial charge in [-0.15, -0.1) is 0 Å². The fourth-order valence-electron chi connectivity index (χ4n) is 5.83. The molecule has 3 aromatic carbocycles. The molecule has 1 fully saturated rings. The topological polar surface area (TPSA) is 54.3 Å². The number of morpholine rings is 1. The SMILES string of the molecule is C[C@@H]1CN(c2c(CO[Si](c3ccccc3)(c3ccccc3)C(C)(C)C)cc(C(=NO)C(F)F)c(F)c2F)C[C@@H](C)O1. The van der Waals surface area contributed by atoms with Crippen molar-refractivity contribution in [3.8, 4) is 0 Å². The second kappa shape index (κ2) is 12.3. The van der Waals surface area contributed by atoms with E-state index in [1.54, 1.807) is 4.90 Å². The van der Waals surface area contributed by atoms with Crippen molar-refractivity contribution < 1.29 is 31.9 Å². The van der Waals surface area contributed by atoms with E-state index in [0.717, 1.165) is 16.4 Å². The Bertz CT molecular complexity index is 1320. The van der Waals surface area contributed by atoms with E-state index in [1.807, 2.05) is 74.5 Å². The zero-order chi connectivity index (χ0) is 29.9. The molecule has 41 heavy (non-hydrogen) atoms. The van der Waals surface area contributed by atoms with Crippen molar-refractivity contribution in [3.63, 3.8) is 0 Å². The van der Waals surface area contributed by atoms with Gasteiger partial charge in [-0.2, -0.15) is 0 Å². The van der Waals surface area contributed by atoms with Crippen LogP contribution in [0.3, 0.4) is 0 Å². The number of halogens is 4.